The summed E-state index contributed by atoms with van der Waals surface area (Å²) in [5.74, 6) is 0. The van der Waals surface area contributed by atoms with Gasteiger partial charge in [0.15, 0.2) is 0 Å². The molecule has 1 aliphatic heterocycles. The van der Waals surface area contributed by atoms with Crippen molar-refractivity contribution in [3.05, 3.63) is 52.0 Å². The van der Waals surface area contributed by atoms with Crippen LogP contribution in [0.3, 0.4) is 0 Å². The van der Waals surface area contributed by atoms with Crippen molar-refractivity contribution < 1.29 is 8.42 Å². The summed E-state index contributed by atoms with van der Waals surface area (Å²) in [6.07, 6.45) is 3.53. The smallest absolute Gasteiger partial charge is 0.244 e. The molecule has 0 bridgehead atoms. The summed E-state index contributed by atoms with van der Waals surface area (Å²) in [4.78, 5) is 8.11. The van der Waals surface area contributed by atoms with Gasteiger partial charge >= 0.3 is 0 Å². The van der Waals surface area contributed by atoms with Gasteiger partial charge in [-0.15, -0.1) is 0 Å². The minimum absolute atomic E-state index is 0.0456. The van der Waals surface area contributed by atoms with E-state index in [9.17, 15) is 8.42 Å². The lowest BCUT2D eigenvalue weighted by molar-refractivity contribution is 0.387. The summed E-state index contributed by atoms with van der Waals surface area (Å²) >= 11 is 11.6. The molecule has 0 unspecified atom stereocenters. The van der Waals surface area contributed by atoms with E-state index in [1.54, 1.807) is 12.3 Å². The molecule has 0 saturated carbocycles. The van der Waals surface area contributed by atoms with Crippen LogP contribution in [0.25, 0.3) is 0 Å². The van der Waals surface area contributed by atoms with Crippen molar-refractivity contribution in [2.45, 2.75) is 17.9 Å². The maximum absolute atomic E-state index is 12.6. The Bertz CT molecular complexity index is 796. The van der Waals surface area contributed by atoms with Crippen LogP contribution in [0.4, 0.5) is 0 Å². The minimum atomic E-state index is -3.64. The SMILES string of the molecule is O=S(=O)(c1cnc(Cl)c(Cl)c1)N1CCc2ncccc2C1. The van der Waals surface area contributed by atoms with Gasteiger partial charge in [0.1, 0.15) is 10.0 Å². The normalized spacial score (nSPS) is 15.7. The van der Waals surface area contributed by atoms with E-state index in [4.69, 9.17) is 23.2 Å². The molecule has 2 aromatic rings. The zero-order chi connectivity index (χ0) is 15.0. The van der Waals surface area contributed by atoms with Gasteiger partial charge in [0.25, 0.3) is 0 Å². The van der Waals surface area contributed by atoms with E-state index in [1.165, 1.54) is 16.6 Å². The summed E-state index contributed by atoms with van der Waals surface area (Å²) in [5.41, 5.74) is 1.86. The number of pyridine rings is 2. The molecule has 3 rings (SSSR count). The molecule has 110 valence electrons. The molecule has 1 aliphatic rings. The van der Waals surface area contributed by atoms with Crippen LogP contribution in [0, 0.1) is 0 Å². The highest BCUT2D eigenvalue weighted by molar-refractivity contribution is 7.89. The number of hydrogen-bond donors (Lipinski definition) is 0. The van der Waals surface area contributed by atoms with Gasteiger partial charge in [0, 0.05) is 37.6 Å². The summed E-state index contributed by atoms with van der Waals surface area (Å²) < 4.78 is 26.6. The van der Waals surface area contributed by atoms with Gasteiger partial charge in [0.05, 0.1) is 5.02 Å². The van der Waals surface area contributed by atoms with Crippen LogP contribution in [-0.2, 0) is 23.0 Å². The molecule has 5 nitrogen and oxygen atoms in total. The lowest BCUT2D eigenvalue weighted by Crippen LogP contribution is -2.36. The van der Waals surface area contributed by atoms with Gasteiger partial charge < -0.3 is 0 Å². The Labute approximate surface area is 132 Å². The molecule has 3 heterocycles. The molecule has 0 radical (unpaired) electrons. The van der Waals surface area contributed by atoms with E-state index < -0.39 is 10.0 Å². The first kappa shape index (κ1) is 14.7. The first-order chi connectivity index (χ1) is 9.98. The molecule has 8 heteroatoms. The van der Waals surface area contributed by atoms with E-state index in [2.05, 4.69) is 9.97 Å². The zero-order valence-corrected chi connectivity index (χ0v) is 13.2. The fraction of sp³-hybridized carbons (Fsp3) is 0.231. The summed E-state index contributed by atoms with van der Waals surface area (Å²) in [7, 11) is -3.64. The molecular weight excluding hydrogens is 333 g/mol. The fourth-order valence-electron chi connectivity index (χ4n) is 2.24. The van der Waals surface area contributed by atoms with Crippen LogP contribution < -0.4 is 0 Å². The number of sulfonamides is 1. The third-order valence-corrected chi connectivity index (χ3v) is 5.83. The molecule has 0 aromatic carbocycles. The average molecular weight is 344 g/mol. The Morgan fingerprint density at radius 1 is 1.24 bits per heavy atom. The van der Waals surface area contributed by atoms with Gasteiger partial charge in [-0.05, 0) is 17.7 Å². The minimum Gasteiger partial charge on any atom is -0.261 e. The van der Waals surface area contributed by atoms with Crippen LogP contribution >= 0.6 is 23.2 Å². The monoisotopic (exact) mass is 343 g/mol. The van der Waals surface area contributed by atoms with Crippen molar-refractivity contribution in [2.75, 3.05) is 6.54 Å². The quantitative estimate of drug-likeness (QED) is 0.786. The topological polar surface area (TPSA) is 63.2 Å². The molecule has 0 atom stereocenters. The van der Waals surface area contributed by atoms with Crippen molar-refractivity contribution in [1.82, 2.24) is 14.3 Å². The highest BCUT2D eigenvalue weighted by atomic mass is 35.5. The van der Waals surface area contributed by atoms with Gasteiger partial charge in [-0.3, -0.25) is 4.98 Å². The predicted octanol–water partition coefficient (Wildman–Crippen LogP) is 2.53. The molecule has 21 heavy (non-hydrogen) atoms. The van der Waals surface area contributed by atoms with E-state index in [0.717, 1.165) is 11.3 Å². The van der Waals surface area contributed by atoms with Gasteiger partial charge in [-0.25, -0.2) is 13.4 Å². The third kappa shape index (κ3) is 2.76. The van der Waals surface area contributed by atoms with Crippen LogP contribution in [0.5, 0.6) is 0 Å². The second-order valence-electron chi connectivity index (χ2n) is 4.64. The second-order valence-corrected chi connectivity index (χ2v) is 7.34. The number of aromatic nitrogens is 2. The van der Waals surface area contributed by atoms with Crippen molar-refractivity contribution in [3.63, 3.8) is 0 Å². The molecule has 0 saturated heterocycles. The Morgan fingerprint density at radius 2 is 2.05 bits per heavy atom. The van der Waals surface area contributed by atoms with Gasteiger partial charge in [-0.1, -0.05) is 29.3 Å². The Kier molecular flexibility index (Phi) is 3.88. The van der Waals surface area contributed by atoms with Crippen LogP contribution in [0.15, 0.2) is 35.5 Å². The summed E-state index contributed by atoms with van der Waals surface area (Å²) in [5, 5.41) is 0.209. The maximum Gasteiger partial charge on any atom is 0.244 e. The number of nitrogens with zero attached hydrogens (tertiary/aromatic N) is 3. The first-order valence-electron chi connectivity index (χ1n) is 6.22. The highest BCUT2D eigenvalue weighted by Gasteiger charge is 2.29. The molecule has 2 aromatic heterocycles. The second kappa shape index (κ2) is 5.53. The Morgan fingerprint density at radius 3 is 2.81 bits per heavy atom. The van der Waals surface area contributed by atoms with Gasteiger partial charge in [-0.2, -0.15) is 4.31 Å². The predicted molar refractivity (Wildman–Crippen MR) is 79.8 cm³/mol. The van der Waals surface area contributed by atoms with E-state index in [1.807, 2.05) is 6.07 Å². The van der Waals surface area contributed by atoms with Crippen molar-refractivity contribution in [3.8, 4) is 0 Å². The number of hydrogen-bond acceptors (Lipinski definition) is 4. The largest absolute Gasteiger partial charge is 0.261 e. The Hall–Kier alpha value is -1.21. The molecule has 0 amide bonds. The van der Waals surface area contributed by atoms with Gasteiger partial charge in [0.2, 0.25) is 10.0 Å². The highest BCUT2D eigenvalue weighted by Crippen LogP contribution is 2.27. The number of rotatable bonds is 2. The van der Waals surface area contributed by atoms with Crippen molar-refractivity contribution in [1.29, 1.82) is 0 Å². The number of fused-ring (bicyclic) bond motifs is 1. The molecular formula is C13H11Cl2N3O2S. The van der Waals surface area contributed by atoms with E-state index in [-0.39, 0.29) is 15.1 Å². The lowest BCUT2D eigenvalue weighted by Gasteiger charge is -2.27. The van der Waals surface area contributed by atoms with Crippen molar-refractivity contribution in [2.24, 2.45) is 0 Å². The van der Waals surface area contributed by atoms with E-state index >= 15 is 0 Å². The van der Waals surface area contributed by atoms with E-state index in [0.29, 0.717) is 19.5 Å². The van der Waals surface area contributed by atoms with Crippen LogP contribution in [-0.4, -0.2) is 29.2 Å². The zero-order valence-electron chi connectivity index (χ0n) is 10.8. The molecule has 0 aliphatic carbocycles. The Balaban J connectivity index is 1.95. The third-order valence-electron chi connectivity index (χ3n) is 3.34. The molecule has 0 N–H and O–H groups in total. The summed E-state index contributed by atoms with van der Waals surface area (Å²) in [6, 6.07) is 5.01. The molecule has 0 fully saturated rings. The van der Waals surface area contributed by atoms with Crippen LogP contribution in [0.1, 0.15) is 11.3 Å². The fourth-order valence-corrected chi connectivity index (χ4v) is 3.96. The number of halogens is 2. The molecule has 0 spiro atoms. The average Bonchev–Trinajstić information content (AvgIpc) is 2.49. The lowest BCUT2D eigenvalue weighted by atomic mass is 10.1. The first-order valence-corrected chi connectivity index (χ1v) is 8.42. The summed E-state index contributed by atoms with van der Waals surface area (Å²) in [6.45, 7) is 0.679. The standard InChI is InChI=1S/C13H11Cl2N3O2S/c14-11-6-10(7-17-13(11)15)21(19,20)18-5-3-12-9(8-18)2-1-4-16-12/h1-2,4,6-7H,3,5,8H2. The maximum atomic E-state index is 12.6. The van der Waals surface area contributed by atoms with Crippen molar-refractivity contribution >= 4 is 33.2 Å². The van der Waals surface area contributed by atoms with Crippen LogP contribution in [0.2, 0.25) is 10.2 Å².